The first-order chi connectivity index (χ1) is 14.7. The molecule has 0 spiro atoms. The Morgan fingerprint density at radius 1 is 1.10 bits per heavy atom. The number of carbonyl (C=O) groups excluding carboxylic acids is 1. The summed E-state index contributed by atoms with van der Waals surface area (Å²) in [4.78, 5) is 11.7. The third-order valence-electron chi connectivity index (χ3n) is 5.25. The molecule has 31 heavy (non-hydrogen) atoms. The molecule has 1 saturated heterocycles. The topological polar surface area (TPSA) is 64.6 Å². The van der Waals surface area contributed by atoms with Gasteiger partial charge < -0.3 is 9.47 Å². The second-order valence-electron chi connectivity index (χ2n) is 7.75. The molecule has 1 aliphatic rings. The van der Waals surface area contributed by atoms with Crippen molar-refractivity contribution in [3.8, 4) is 11.5 Å². The summed E-state index contributed by atoms with van der Waals surface area (Å²) in [5.74, 6) is 1.22. The number of halogens is 3. The fourth-order valence-electron chi connectivity index (χ4n) is 3.23. The van der Waals surface area contributed by atoms with Crippen LogP contribution in [0.1, 0.15) is 31.4 Å². The maximum Gasteiger partial charge on any atom is 0.241 e. The average molecular weight is 505 g/mol. The van der Waals surface area contributed by atoms with E-state index >= 15 is 0 Å². The summed E-state index contributed by atoms with van der Waals surface area (Å²) < 4.78 is 25.4. The summed E-state index contributed by atoms with van der Waals surface area (Å²) >= 11 is 18.6. The van der Waals surface area contributed by atoms with Gasteiger partial charge in [-0.3, -0.25) is 4.79 Å². The zero-order valence-corrected chi connectivity index (χ0v) is 20.3. The zero-order chi connectivity index (χ0) is 22.6. The Kier molecular flexibility index (Phi) is 8.27. The Hall–Kier alpha value is -1.31. The van der Waals surface area contributed by atoms with Gasteiger partial charge in [0.15, 0.2) is 16.7 Å². The summed E-state index contributed by atoms with van der Waals surface area (Å²) in [5.41, 5.74) is 1.62. The average Bonchev–Trinajstić information content (AvgIpc) is 3.06. The summed E-state index contributed by atoms with van der Waals surface area (Å²) in [6.07, 6.45) is 0.707. The van der Waals surface area contributed by atoms with Crippen molar-refractivity contribution in [3.05, 3.63) is 57.6 Å². The molecule has 2 aromatic rings. The highest BCUT2D eigenvalue weighted by Gasteiger charge is 2.32. The van der Waals surface area contributed by atoms with Crippen LogP contribution in [0.15, 0.2) is 36.4 Å². The summed E-state index contributed by atoms with van der Waals surface area (Å²) in [7, 11) is -1.61. The molecule has 0 amide bonds. The van der Waals surface area contributed by atoms with Crippen molar-refractivity contribution in [3.63, 3.8) is 0 Å². The molecule has 1 fully saturated rings. The first-order valence-corrected chi connectivity index (χ1v) is 12.3. The SMILES string of the molecule is CC(C)(c1ccc(OCC2CNS(=O)C2=O)cc1)c1cc(Cl)c(OCCCCl)c(Cl)c1. The van der Waals surface area contributed by atoms with E-state index < -0.39 is 16.9 Å². The number of alkyl halides is 1. The molecule has 1 N–H and O–H groups in total. The van der Waals surface area contributed by atoms with Gasteiger partial charge in [-0.1, -0.05) is 49.2 Å². The molecule has 2 atom stereocenters. The lowest BCUT2D eigenvalue weighted by Gasteiger charge is -2.27. The number of rotatable bonds is 9. The molecular weight excluding hydrogens is 481 g/mol. The Bertz CT molecular complexity index is 943. The number of hydrogen-bond acceptors (Lipinski definition) is 4. The van der Waals surface area contributed by atoms with E-state index in [1.54, 1.807) is 0 Å². The highest BCUT2D eigenvalue weighted by atomic mass is 35.5. The molecule has 3 rings (SSSR count). The van der Waals surface area contributed by atoms with Crippen LogP contribution in [0.5, 0.6) is 11.5 Å². The van der Waals surface area contributed by atoms with Gasteiger partial charge in [0.2, 0.25) is 5.12 Å². The van der Waals surface area contributed by atoms with Gasteiger partial charge in [0.25, 0.3) is 0 Å². The van der Waals surface area contributed by atoms with Crippen LogP contribution in [0, 0.1) is 5.92 Å². The number of benzene rings is 2. The minimum absolute atomic E-state index is 0.191. The van der Waals surface area contributed by atoms with E-state index in [4.69, 9.17) is 44.3 Å². The van der Waals surface area contributed by atoms with Gasteiger partial charge in [-0.05, 0) is 41.8 Å². The molecule has 0 saturated carbocycles. The van der Waals surface area contributed by atoms with E-state index in [0.29, 0.717) is 47.0 Å². The Balaban J connectivity index is 1.71. The van der Waals surface area contributed by atoms with E-state index in [0.717, 1.165) is 11.1 Å². The molecule has 1 heterocycles. The Morgan fingerprint density at radius 3 is 2.29 bits per heavy atom. The van der Waals surface area contributed by atoms with Gasteiger partial charge in [-0.2, -0.15) is 0 Å². The Labute approximate surface area is 199 Å². The zero-order valence-electron chi connectivity index (χ0n) is 17.3. The van der Waals surface area contributed by atoms with Gasteiger partial charge >= 0.3 is 0 Å². The van der Waals surface area contributed by atoms with Gasteiger partial charge in [0, 0.05) is 17.8 Å². The lowest BCUT2D eigenvalue weighted by Crippen LogP contribution is -2.21. The maximum atomic E-state index is 11.7. The first kappa shape index (κ1) is 24.3. The largest absolute Gasteiger partial charge is 0.493 e. The molecule has 0 radical (unpaired) electrons. The minimum atomic E-state index is -1.61. The first-order valence-electron chi connectivity index (χ1n) is 9.84. The Morgan fingerprint density at radius 2 is 1.74 bits per heavy atom. The molecule has 2 unspecified atom stereocenters. The number of carbonyl (C=O) groups is 1. The fraction of sp³-hybridized carbons (Fsp3) is 0.409. The van der Waals surface area contributed by atoms with Crippen molar-refractivity contribution >= 4 is 50.9 Å². The van der Waals surface area contributed by atoms with Gasteiger partial charge in [0.05, 0.1) is 22.6 Å². The van der Waals surface area contributed by atoms with Crippen molar-refractivity contribution in [2.24, 2.45) is 5.92 Å². The predicted molar refractivity (Wildman–Crippen MR) is 126 cm³/mol. The van der Waals surface area contributed by atoms with E-state index in [1.807, 2.05) is 36.4 Å². The highest BCUT2D eigenvalue weighted by molar-refractivity contribution is 7.99. The summed E-state index contributed by atoms with van der Waals surface area (Å²) in [6.45, 7) is 5.17. The minimum Gasteiger partial charge on any atom is -0.493 e. The van der Waals surface area contributed by atoms with Crippen LogP contribution in [0.2, 0.25) is 10.0 Å². The molecule has 5 nitrogen and oxygen atoms in total. The van der Waals surface area contributed by atoms with Crippen LogP contribution in [0.3, 0.4) is 0 Å². The predicted octanol–water partition coefficient (Wildman–Crippen LogP) is 5.12. The van der Waals surface area contributed by atoms with E-state index in [-0.39, 0.29) is 17.1 Å². The van der Waals surface area contributed by atoms with Crippen LogP contribution >= 0.6 is 34.8 Å². The maximum absolute atomic E-state index is 11.7. The molecule has 168 valence electrons. The monoisotopic (exact) mass is 503 g/mol. The molecular formula is C22H24Cl3NO4S. The van der Waals surface area contributed by atoms with Crippen molar-refractivity contribution < 1.29 is 18.5 Å². The molecule has 9 heteroatoms. The van der Waals surface area contributed by atoms with E-state index in [9.17, 15) is 9.00 Å². The van der Waals surface area contributed by atoms with Gasteiger partial charge in [0.1, 0.15) is 12.4 Å². The van der Waals surface area contributed by atoms with Crippen molar-refractivity contribution in [1.82, 2.24) is 4.72 Å². The number of nitrogens with one attached hydrogen (secondary N) is 1. The smallest absolute Gasteiger partial charge is 0.241 e. The molecule has 0 aromatic heterocycles. The van der Waals surface area contributed by atoms with Crippen LogP contribution < -0.4 is 14.2 Å². The number of hydrogen-bond donors (Lipinski definition) is 1. The number of ether oxygens (including phenoxy) is 2. The molecule has 2 aromatic carbocycles. The van der Waals surface area contributed by atoms with Gasteiger partial charge in [-0.15, -0.1) is 11.6 Å². The van der Waals surface area contributed by atoms with Crippen molar-refractivity contribution in [2.75, 3.05) is 25.6 Å². The lowest BCUT2D eigenvalue weighted by molar-refractivity contribution is -0.114. The molecule has 0 bridgehead atoms. The third kappa shape index (κ3) is 5.74. The normalized spacial score (nSPS) is 18.9. The van der Waals surface area contributed by atoms with Crippen LogP contribution in [-0.2, 0) is 21.2 Å². The van der Waals surface area contributed by atoms with E-state index in [1.165, 1.54) is 0 Å². The second-order valence-corrected chi connectivity index (χ2v) is 10.2. The second kappa shape index (κ2) is 10.5. The summed E-state index contributed by atoms with van der Waals surface area (Å²) in [5, 5.41) is 0.594. The van der Waals surface area contributed by atoms with Gasteiger partial charge in [-0.25, -0.2) is 8.93 Å². The van der Waals surface area contributed by atoms with Crippen LogP contribution in [0.4, 0.5) is 0 Å². The molecule has 1 aliphatic heterocycles. The van der Waals surface area contributed by atoms with Crippen molar-refractivity contribution in [2.45, 2.75) is 25.7 Å². The van der Waals surface area contributed by atoms with Crippen LogP contribution in [-0.4, -0.2) is 35.0 Å². The third-order valence-corrected chi connectivity index (χ3v) is 7.20. The van der Waals surface area contributed by atoms with E-state index in [2.05, 4.69) is 18.6 Å². The standard InChI is InChI=1S/C22H24Cl3NO4S/c1-22(2,16-10-18(24)20(19(25)11-16)29-9-3-8-23)15-4-6-17(7-5-15)30-13-14-12-26-31(28)21(14)27/h4-7,10-11,14,26H,3,8-9,12-13H2,1-2H3. The van der Waals surface area contributed by atoms with Crippen LogP contribution in [0.25, 0.3) is 0 Å². The highest BCUT2D eigenvalue weighted by Crippen LogP contribution is 2.40. The molecule has 0 aliphatic carbocycles. The summed E-state index contributed by atoms with van der Waals surface area (Å²) in [6, 6.07) is 11.4. The lowest BCUT2D eigenvalue weighted by atomic mass is 9.78. The fourth-order valence-corrected chi connectivity index (χ4v) is 4.88. The van der Waals surface area contributed by atoms with Crippen molar-refractivity contribution in [1.29, 1.82) is 0 Å². The quantitative estimate of drug-likeness (QED) is 0.380.